The predicted octanol–water partition coefficient (Wildman–Crippen LogP) is 5.14. The van der Waals surface area contributed by atoms with Gasteiger partial charge in [-0.05, 0) is 56.3 Å². The second-order valence-electron chi connectivity index (χ2n) is 7.54. The standard InChI is InChI=1S/C20H31N/c1-15-13-17(9-12-20(15)21)14-16-7-10-19(11-8-16)18-5-3-2-4-6-18/h7,9-10,12,15,17-18,20H,2-6,8,11,13-14,21H2,1H3. The number of hydrogen-bond donors (Lipinski definition) is 1. The maximum absolute atomic E-state index is 6.06. The highest BCUT2D eigenvalue weighted by atomic mass is 14.6. The first-order chi connectivity index (χ1) is 10.2. The van der Waals surface area contributed by atoms with Crippen molar-refractivity contribution in [3.05, 3.63) is 35.5 Å². The van der Waals surface area contributed by atoms with Crippen molar-refractivity contribution in [2.24, 2.45) is 23.5 Å². The Kier molecular flexibility index (Phi) is 5.00. The average molecular weight is 285 g/mol. The Morgan fingerprint density at radius 3 is 2.52 bits per heavy atom. The Labute approximate surface area is 130 Å². The molecule has 0 aliphatic heterocycles. The normalized spacial score (nSPS) is 34.5. The molecule has 1 saturated carbocycles. The molecule has 3 unspecified atom stereocenters. The summed E-state index contributed by atoms with van der Waals surface area (Å²) in [7, 11) is 0. The van der Waals surface area contributed by atoms with Crippen LogP contribution < -0.4 is 5.73 Å². The molecule has 0 aromatic carbocycles. The molecule has 0 aromatic heterocycles. The summed E-state index contributed by atoms with van der Waals surface area (Å²) in [5.74, 6) is 2.26. The minimum absolute atomic E-state index is 0.277. The monoisotopic (exact) mass is 285 g/mol. The number of nitrogens with two attached hydrogens (primary N) is 1. The van der Waals surface area contributed by atoms with Crippen LogP contribution in [0.4, 0.5) is 0 Å². The van der Waals surface area contributed by atoms with Crippen molar-refractivity contribution >= 4 is 0 Å². The predicted molar refractivity (Wildman–Crippen MR) is 91.0 cm³/mol. The largest absolute Gasteiger partial charge is 0.324 e. The lowest BCUT2D eigenvalue weighted by atomic mass is 9.77. The first kappa shape index (κ1) is 15.1. The molecule has 116 valence electrons. The molecule has 3 atom stereocenters. The summed E-state index contributed by atoms with van der Waals surface area (Å²) in [5.41, 5.74) is 9.47. The highest BCUT2D eigenvalue weighted by molar-refractivity contribution is 5.26. The molecule has 3 rings (SSSR count). The van der Waals surface area contributed by atoms with E-state index in [9.17, 15) is 0 Å². The SMILES string of the molecule is CC1CC(CC2=CC=C(C3CCCCC3)CC2)C=CC1N. The lowest BCUT2D eigenvalue weighted by molar-refractivity contribution is 0.381. The van der Waals surface area contributed by atoms with E-state index in [1.54, 1.807) is 11.1 Å². The van der Waals surface area contributed by atoms with Gasteiger partial charge in [-0.15, -0.1) is 0 Å². The summed E-state index contributed by atoms with van der Waals surface area (Å²) in [6, 6.07) is 0.277. The smallest absolute Gasteiger partial charge is 0.0250 e. The molecule has 1 nitrogen and oxygen atoms in total. The van der Waals surface area contributed by atoms with Gasteiger partial charge in [-0.1, -0.05) is 61.6 Å². The van der Waals surface area contributed by atoms with Crippen molar-refractivity contribution in [2.75, 3.05) is 0 Å². The molecule has 21 heavy (non-hydrogen) atoms. The van der Waals surface area contributed by atoms with Gasteiger partial charge in [0.25, 0.3) is 0 Å². The molecular formula is C20H31N. The van der Waals surface area contributed by atoms with Crippen LogP contribution >= 0.6 is 0 Å². The minimum Gasteiger partial charge on any atom is -0.324 e. The van der Waals surface area contributed by atoms with E-state index in [0.717, 1.165) is 11.8 Å². The molecule has 0 amide bonds. The number of allylic oxidation sites excluding steroid dienone is 5. The number of hydrogen-bond acceptors (Lipinski definition) is 1. The van der Waals surface area contributed by atoms with E-state index in [-0.39, 0.29) is 6.04 Å². The topological polar surface area (TPSA) is 26.0 Å². The third kappa shape index (κ3) is 3.88. The molecule has 1 fully saturated rings. The zero-order valence-electron chi connectivity index (χ0n) is 13.6. The second-order valence-corrected chi connectivity index (χ2v) is 7.54. The molecule has 1 heteroatoms. The van der Waals surface area contributed by atoms with E-state index in [1.807, 2.05) is 0 Å². The molecular weight excluding hydrogens is 254 g/mol. The third-order valence-corrected chi connectivity index (χ3v) is 5.86. The summed E-state index contributed by atoms with van der Waals surface area (Å²) in [6.45, 7) is 2.29. The summed E-state index contributed by atoms with van der Waals surface area (Å²) >= 11 is 0. The molecule has 0 bridgehead atoms. The Morgan fingerprint density at radius 2 is 1.86 bits per heavy atom. The van der Waals surface area contributed by atoms with E-state index < -0.39 is 0 Å². The van der Waals surface area contributed by atoms with E-state index in [2.05, 4.69) is 31.2 Å². The van der Waals surface area contributed by atoms with Crippen LogP contribution in [0.2, 0.25) is 0 Å². The van der Waals surface area contributed by atoms with Crippen molar-refractivity contribution < 1.29 is 0 Å². The minimum atomic E-state index is 0.277. The van der Waals surface area contributed by atoms with Crippen LogP contribution in [0.25, 0.3) is 0 Å². The Bertz CT molecular complexity index is 437. The van der Waals surface area contributed by atoms with Crippen molar-refractivity contribution in [2.45, 2.75) is 70.8 Å². The summed E-state index contributed by atoms with van der Waals surface area (Å²) in [4.78, 5) is 0. The van der Waals surface area contributed by atoms with Crippen LogP contribution in [0, 0.1) is 17.8 Å². The maximum atomic E-state index is 6.06. The Balaban J connectivity index is 1.57. The van der Waals surface area contributed by atoms with Crippen LogP contribution in [0.5, 0.6) is 0 Å². The van der Waals surface area contributed by atoms with Crippen molar-refractivity contribution in [1.82, 2.24) is 0 Å². The van der Waals surface area contributed by atoms with E-state index in [4.69, 9.17) is 5.73 Å². The highest BCUT2D eigenvalue weighted by Gasteiger charge is 2.23. The first-order valence-corrected chi connectivity index (χ1v) is 9.05. The van der Waals surface area contributed by atoms with Crippen molar-refractivity contribution in [3.8, 4) is 0 Å². The quantitative estimate of drug-likeness (QED) is 0.714. The highest BCUT2D eigenvalue weighted by Crippen LogP contribution is 2.36. The fraction of sp³-hybridized carbons (Fsp3) is 0.700. The van der Waals surface area contributed by atoms with Gasteiger partial charge in [-0.2, -0.15) is 0 Å². The summed E-state index contributed by atoms with van der Waals surface area (Å²) < 4.78 is 0. The Morgan fingerprint density at radius 1 is 1.05 bits per heavy atom. The fourth-order valence-electron chi connectivity index (χ4n) is 4.36. The van der Waals surface area contributed by atoms with Gasteiger partial charge in [0, 0.05) is 6.04 Å². The molecule has 0 spiro atoms. The zero-order valence-corrected chi connectivity index (χ0v) is 13.6. The molecule has 3 aliphatic carbocycles. The van der Waals surface area contributed by atoms with Crippen molar-refractivity contribution in [1.29, 1.82) is 0 Å². The number of rotatable bonds is 3. The van der Waals surface area contributed by atoms with Gasteiger partial charge >= 0.3 is 0 Å². The lowest BCUT2D eigenvalue weighted by Crippen LogP contribution is -2.30. The van der Waals surface area contributed by atoms with E-state index in [1.165, 1.54) is 57.8 Å². The summed E-state index contributed by atoms with van der Waals surface area (Å²) in [6.07, 6.45) is 21.9. The van der Waals surface area contributed by atoms with Crippen LogP contribution in [-0.4, -0.2) is 6.04 Å². The first-order valence-electron chi connectivity index (χ1n) is 9.05. The van der Waals surface area contributed by atoms with Crippen LogP contribution in [-0.2, 0) is 0 Å². The molecule has 0 radical (unpaired) electrons. The summed E-state index contributed by atoms with van der Waals surface area (Å²) in [5, 5.41) is 0. The lowest BCUT2D eigenvalue weighted by Gasteiger charge is -2.29. The fourth-order valence-corrected chi connectivity index (χ4v) is 4.36. The van der Waals surface area contributed by atoms with Crippen LogP contribution in [0.1, 0.15) is 64.7 Å². The second kappa shape index (κ2) is 6.96. The van der Waals surface area contributed by atoms with Crippen molar-refractivity contribution in [3.63, 3.8) is 0 Å². The van der Waals surface area contributed by atoms with Gasteiger partial charge in [-0.25, -0.2) is 0 Å². The molecule has 0 aromatic rings. The maximum Gasteiger partial charge on any atom is 0.0250 e. The van der Waals surface area contributed by atoms with Crippen LogP contribution in [0.3, 0.4) is 0 Å². The average Bonchev–Trinajstić information content (AvgIpc) is 2.53. The van der Waals surface area contributed by atoms with Gasteiger partial charge in [0.1, 0.15) is 0 Å². The molecule has 2 N–H and O–H groups in total. The van der Waals surface area contributed by atoms with Crippen LogP contribution in [0.15, 0.2) is 35.5 Å². The van der Waals surface area contributed by atoms with Gasteiger partial charge < -0.3 is 5.73 Å². The Hall–Kier alpha value is -0.820. The zero-order chi connectivity index (χ0) is 14.7. The molecule has 3 aliphatic rings. The molecule has 0 heterocycles. The van der Waals surface area contributed by atoms with Gasteiger partial charge in [-0.3, -0.25) is 0 Å². The van der Waals surface area contributed by atoms with Gasteiger partial charge in [0.05, 0.1) is 0 Å². The van der Waals surface area contributed by atoms with Gasteiger partial charge in [0.2, 0.25) is 0 Å². The van der Waals surface area contributed by atoms with Gasteiger partial charge in [0.15, 0.2) is 0 Å². The van der Waals surface area contributed by atoms with E-state index >= 15 is 0 Å². The third-order valence-electron chi connectivity index (χ3n) is 5.86. The van der Waals surface area contributed by atoms with E-state index in [0.29, 0.717) is 5.92 Å². The molecule has 0 saturated heterocycles.